The standard InChI is InChI=1S/C10H13ClN2O3S/c1-2-5-13-10(14)7-3-4-8(11)9(6-7)17(12,15)16/h3-4,6H,2,5H2,1H3,(H,13,14)(H2,12,15,16). The summed E-state index contributed by atoms with van der Waals surface area (Å²) in [6.07, 6.45) is 0.793. The molecule has 0 unspecified atom stereocenters. The van der Waals surface area contributed by atoms with Crippen LogP contribution in [0.5, 0.6) is 0 Å². The van der Waals surface area contributed by atoms with E-state index in [0.29, 0.717) is 6.54 Å². The fourth-order valence-corrected chi connectivity index (χ4v) is 2.27. The third kappa shape index (κ3) is 3.69. The minimum Gasteiger partial charge on any atom is -0.352 e. The fourth-order valence-electron chi connectivity index (χ4n) is 1.20. The molecular formula is C10H13ClN2O3S. The molecule has 0 fully saturated rings. The molecule has 0 aliphatic carbocycles. The Balaban J connectivity index is 3.09. The summed E-state index contributed by atoms with van der Waals surface area (Å²) in [7, 11) is -3.92. The second-order valence-corrected chi connectivity index (χ2v) is 5.38. The van der Waals surface area contributed by atoms with E-state index >= 15 is 0 Å². The van der Waals surface area contributed by atoms with Gasteiger partial charge in [-0.3, -0.25) is 4.79 Å². The van der Waals surface area contributed by atoms with Crippen LogP contribution in [0.15, 0.2) is 23.1 Å². The highest BCUT2D eigenvalue weighted by atomic mass is 35.5. The first-order chi connectivity index (χ1) is 7.86. The van der Waals surface area contributed by atoms with Gasteiger partial charge < -0.3 is 5.32 Å². The molecule has 17 heavy (non-hydrogen) atoms. The van der Waals surface area contributed by atoms with Crippen molar-refractivity contribution in [3.8, 4) is 0 Å². The number of amides is 1. The Morgan fingerprint density at radius 1 is 1.47 bits per heavy atom. The van der Waals surface area contributed by atoms with Gasteiger partial charge in [0.05, 0.1) is 5.02 Å². The first kappa shape index (κ1) is 14.0. The Labute approximate surface area is 105 Å². The fraction of sp³-hybridized carbons (Fsp3) is 0.300. The highest BCUT2D eigenvalue weighted by Gasteiger charge is 2.15. The molecule has 94 valence electrons. The third-order valence-corrected chi connectivity index (χ3v) is 3.43. The maximum absolute atomic E-state index is 11.6. The molecule has 1 aromatic rings. The van der Waals surface area contributed by atoms with Crippen molar-refractivity contribution >= 4 is 27.5 Å². The number of primary sulfonamides is 1. The molecule has 7 heteroatoms. The van der Waals surface area contributed by atoms with Crippen LogP contribution in [-0.2, 0) is 10.0 Å². The lowest BCUT2D eigenvalue weighted by Crippen LogP contribution is -2.24. The molecule has 1 amide bonds. The Morgan fingerprint density at radius 3 is 2.65 bits per heavy atom. The summed E-state index contributed by atoms with van der Waals surface area (Å²) >= 11 is 5.70. The van der Waals surface area contributed by atoms with Gasteiger partial charge in [0.25, 0.3) is 5.91 Å². The highest BCUT2D eigenvalue weighted by Crippen LogP contribution is 2.21. The topological polar surface area (TPSA) is 89.3 Å². The number of sulfonamides is 1. The van der Waals surface area contributed by atoms with Gasteiger partial charge in [-0.05, 0) is 24.6 Å². The molecule has 0 spiro atoms. The van der Waals surface area contributed by atoms with Crippen molar-refractivity contribution in [2.45, 2.75) is 18.2 Å². The summed E-state index contributed by atoms with van der Waals surface area (Å²) in [5.41, 5.74) is 0.215. The molecule has 0 radical (unpaired) electrons. The van der Waals surface area contributed by atoms with Crippen molar-refractivity contribution in [1.82, 2.24) is 5.32 Å². The van der Waals surface area contributed by atoms with Crippen LogP contribution in [0.4, 0.5) is 0 Å². The van der Waals surface area contributed by atoms with E-state index in [1.807, 2.05) is 6.92 Å². The van der Waals surface area contributed by atoms with E-state index in [1.165, 1.54) is 18.2 Å². The van der Waals surface area contributed by atoms with E-state index in [9.17, 15) is 13.2 Å². The summed E-state index contributed by atoms with van der Waals surface area (Å²) in [6.45, 7) is 2.43. The second kappa shape index (κ2) is 5.48. The SMILES string of the molecule is CCCNC(=O)c1ccc(Cl)c(S(N)(=O)=O)c1. The van der Waals surface area contributed by atoms with Crippen LogP contribution in [0.25, 0.3) is 0 Å². The monoisotopic (exact) mass is 276 g/mol. The van der Waals surface area contributed by atoms with Crippen LogP contribution in [0.2, 0.25) is 5.02 Å². The Kier molecular flexibility index (Phi) is 4.50. The van der Waals surface area contributed by atoms with Crippen molar-refractivity contribution in [2.75, 3.05) is 6.54 Å². The lowest BCUT2D eigenvalue weighted by molar-refractivity contribution is 0.0953. The predicted molar refractivity (Wildman–Crippen MR) is 65.4 cm³/mol. The van der Waals surface area contributed by atoms with Crippen LogP contribution in [0.1, 0.15) is 23.7 Å². The summed E-state index contributed by atoms with van der Waals surface area (Å²) in [5.74, 6) is -0.353. The molecule has 3 N–H and O–H groups in total. The molecule has 0 aliphatic heterocycles. The van der Waals surface area contributed by atoms with Crippen molar-refractivity contribution in [3.05, 3.63) is 28.8 Å². The zero-order chi connectivity index (χ0) is 13.1. The van der Waals surface area contributed by atoms with E-state index < -0.39 is 10.0 Å². The van der Waals surface area contributed by atoms with Gasteiger partial charge in [-0.25, -0.2) is 13.6 Å². The smallest absolute Gasteiger partial charge is 0.251 e. The van der Waals surface area contributed by atoms with Crippen molar-refractivity contribution in [1.29, 1.82) is 0 Å². The summed E-state index contributed by atoms with van der Waals surface area (Å²) in [4.78, 5) is 11.4. The zero-order valence-electron chi connectivity index (χ0n) is 9.23. The van der Waals surface area contributed by atoms with E-state index in [0.717, 1.165) is 6.42 Å². The number of rotatable bonds is 4. The molecule has 0 heterocycles. The Morgan fingerprint density at radius 2 is 2.12 bits per heavy atom. The summed E-state index contributed by atoms with van der Waals surface area (Å²) in [6, 6.07) is 3.95. The predicted octanol–water partition coefficient (Wildman–Crippen LogP) is 1.13. The van der Waals surface area contributed by atoms with Crippen LogP contribution >= 0.6 is 11.6 Å². The van der Waals surface area contributed by atoms with Crippen LogP contribution in [-0.4, -0.2) is 20.9 Å². The minimum absolute atomic E-state index is 0.000425. The number of benzene rings is 1. The second-order valence-electron chi connectivity index (χ2n) is 3.45. The van der Waals surface area contributed by atoms with Gasteiger partial charge in [0.2, 0.25) is 10.0 Å². The van der Waals surface area contributed by atoms with Gasteiger partial charge in [-0.2, -0.15) is 0 Å². The van der Waals surface area contributed by atoms with Gasteiger partial charge in [-0.15, -0.1) is 0 Å². The molecular weight excluding hydrogens is 264 g/mol. The minimum atomic E-state index is -3.92. The van der Waals surface area contributed by atoms with Gasteiger partial charge in [0.15, 0.2) is 0 Å². The number of carbonyl (C=O) groups is 1. The number of nitrogens with one attached hydrogen (secondary N) is 1. The van der Waals surface area contributed by atoms with E-state index in [4.69, 9.17) is 16.7 Å². The zero-order valence-corrected chi connectivity index (χ0v) is 10.8. The molecule has 0 bridgehead atoms. The maximum atomic E-state index is 11.6. The van der Waals surface area contributed by atoms with E-state index in [1.54, 1.807) is 0 Å². The molecule has 5 nitrogen and oxygen atoms in total. The van der Waals surface area contributed by atoms with E-state index in [2.05, 4.69) is 5.32 Å². The Hall–Kier alpha value is -1.11. The number of carbonyl (C=O) groups excluding carboxylic acids is 1. The number of halogens is 1. The molecule has 0 aliphatic rings. The quantitative estimate of drug-likeness (QED) is 0.864. The maximum Gasteiger partial charge on any atom is 0.251 e. The van der Waals surface area contributed by atoms with Gasteiger partial charge in [0.1, 0.15) is 4.90 Å². The number of hydrogen-bond donors (Lipinski definition) is 2. The largest absolute Gasteiger partial charge is 0.352 e. The van der Waals surface area contributed by atoms with Gasteiger partial charge in [-0.1, -0.05) is 18.5 Å². The Bertz CT molecular complexity index is 528. The van der Waals surface area contributed by atoms with Crippen molar-refractivity contribution in [2.24, 2.45) is 5.14 Å². The van der Waals surface area contributed by atoms with Crippen LogP contribution in [0.3, 0.4) is 0 Å². The number of nitrogens with two attached hydrogens (primary N) is 1. The van der Waals surface area contributed by atoms with Crippen molar-refractivity contribution in [3.63, 3.8) is 0 Å². The summed E-state index contributed by atoms with van der Waals surface area (Å²) in [5, 5.41) is 7.61. The third-order valence-electron chi connectivity index (χ3n) is 2.04. The molecule has 1 aromatic carbocycles. The lowest BCUT2D eigenvalue weighted by atomic mass is 10.2. The molecule has 0 saturated carbocycles. The molecule has 0 atom stereocenters. The summed E-state index contributed by atoms with van der Waals surface area (Å²) < 4.78 is 22.4. The van der Waals surface area contributed by atoms with Crippen LogP contribution < -0.4 is 10.5 Å². The number of hydrogen-bond acceptors (Lipinski definition) is 3. The van der Waals surface area contributed by atoms with Crippen molar-refractivity contribution < 1.29 is 13.2 Å². The average molecular weight is 277 g/mol. The normalized spacial score (nSPS) is 11.2. The molecule has 0 saturated heterocycles. The van der Waals surface area contributed by atoms with E-state index in [-0.39, 0.29) is 21.4 Å². The van der Waals surface area contributed by atoms with Crippen LogP contribution in [0, 0.1) is 0 Å². The van der Waals surface area contributed by atoms with Gasteiger partial charge in [0, 0.05) is 12.1 Å². The average Bonchev–Trinajstić information content (AvgIpc) is 2.25. The molecule has 0 aromatic heterocycles. The first-order valence-corrected chi connectivity index (χ1v) is 6.89. The lowest BCUT2D eigenvalue weighted by Gasteiger charge is -2.06. The first-order valence-electron chi connectivity index (χ1n) is 4.96. The van der Waals surface area contributed by atoms with Gasteiger partial charge >= 0.3 is 0 Å². The molecule has 1 rings (SSSR count). The highest BCUT2D eigenvalue weighted by molar-refractivity contribution is 7.89.